The van der Waals surface area contributed by atoms with Crippen LogP contribution in [-0.4, -0.2) is 25.7 Å². The number of benzene rings is 2. The number of fused-ring (bicyclic) bond motifs is 1. The molecular weight excluding hydrogens is 272 g/mol. The minimum Gasteiger partial charge on any atom is -0.299 e. The van der Waals surface area contributed by atoms with Crippen molar-refractivity contribution in [3.8, 4) is 0 Å². The molecule has 1 fully saturated rings. The van der Waals surface area contributed by atoms with Gasteiger partial charge in [0.15, 0.2) is 9.84 Å². The summed E-state index contributed by atoms with van der Waals surface area (Å²) < 4.78 is 22.9. The molecule has 1 heterocycles. The van der Waals surface area contributed by atoms with Gasteiger partial charge in [-0.15, -0.1) is 0 Å². The standard InChI is InChI=1S/C16H16O3S/c17-16(14-8-9-20(18,19)11-14)10-13-6-3-5-12-4-1-2-7-15(12)13/h1-7,14H,8-11H2. The van der Waals surface area contributed by atoms with Gasteiger partial charge in [0.25, 0.3) is 0 Å². The minimum atomic E-state index is -3.00. The topological polar surface area (TPSA) is 51.2 Å². The van der Waals surface area contributed by atoms with Crippen LogP contribution < -0.4 is 0 Å². The molecule has 0 radical (unpaired) electrons. The zero-order valence-electron chi connectivity index (χ0n) is 11.1. The summed E-state index contributed by atoms with van der Waals surface area (Å²) in [5.41, 5.74) is 0.984. The van der Waals surface area contributed by atoms with Gasteiger partial charge in [-0.05, 0) is 22.8 Å². The molecule has 3 rings (SSSR count). The van der Waals surface area contributed by atoms with Gasteiger partial charge in [0.1, 0.15) is 5.78 Å². The molecule has 1 saturated heterocycles. The molecular formula is C16H16O3S. The maximum atomic E-state index is 12.3. The first-order valence-corrected chi connectivity index (χ1v) is 8.57. The van der Waals surface area contributed by atoms with Crippen molar-refractivity contribution >= 4 is 26.4 Å². The molecule has 0 aliphatic carbocycles. The molecule has 1 unspecified atom stereocenters. The number of Topliss-reactive ketones (excluding diaryl/α,β-unsaturated/α-hetero) is 1. The zero-order valence-corrected chi connectivity index (χ0v) is 11.9. The molecule has 104 valence electrons. The van der Waals surface area contributed by atoms with Crippen LogP contribution in [0.25, 0.3) is 10.8 Å². The highest BCUT2D eigenvalue weighted by Gasteiger charge is 2.32. The molecule has 0 N–H and O–H groups in total. The molecule has 1 aliphatic heterocycles. The van der Waals surface area contributed by atoms with Gasteiger partial charge in [-0.25, -0.2) is 8.42 Å². The lowest BCUT2D eigenvalue weighted by molar-refractivity contribution is -0.121. The van der Waals surface area contributed by atoms with Crippen LogP contribution in [0.5, 0.6) is 0 Å². The molecule has 0 saturated carbocycles. The highest BCUT2D eigenvalue weighted by atomic mass is 32.2. The Kier molecular flexibility index (Phi) is 3.34. The summed E-state index contributed by atoms with van der Waals surface area (Å²) in [6.45, 7) is 0. The number of carbonyl (C=O) groups excluding carboxylic acids is 1. The quantitative estimate of drug-likeness (QED) is 0.871. The van der Waals surface area contributed by atoms with Crippen molar-refractivity contribution in [3.05, 3.63) is 48.0 Å². The van der Waals surface area contributed by atoms with E-state index in [-0.39, 0.29) is 23.2 Å². The van der Waals surface area contributed by atoms with Crippen molar-refractivity contribution < 1.29 is 13.2 Å². The van der Waals surface area contributed by atoms with Gasteiger partial charge in [-0.2, -0.15) is 0 Å². The van der Waals surface area contributed by atoms with Crippen LogP contribution in [-0.2, 0) is 21.1 Å². The van der Waals surface area contributed by atoms with E-state index in [1.165, 1.54) is 0 Å². The molecule has 0 amide bonds. The second-order valence-electron chi connectivity index (χ2n) is 5.38. The third kappa shape index (κ3) is 2.61. The first-order valence-electron chi connectivity index (χ1n) is 6.75. The number of carbonyl (C=O) groups is 1. The van der Waals surface area contributed by atoms with Crippen LogP contribution in [0.2, 0.25) is 0 Å². The normalized spacial score (nSPS) is 21.1. The molecule has 3 nitrogen and oxygen atoms in total. The molecule has 2 aromatic rings. The number of ketones is 1. The number of hydrogen-bond acceptors (Lipinski definition) is 3. The van der Waals surface area contributed by atoms with Gasteiger partial charge in [0.2, 0.25) is 0 Å². The molecule has 1 atom stereocenters. The molecule has 20 heavy (non-hydrogen) atoms. The molecule has 0 aromatic heterocycles. The van der Waals surface area contributed by atoms with E-state index >= 15 is 0 Å². The smallest absolute Gasteiger partial charge is 0.151 e. The Labute approximate surface area is 118 Å². The van der Waals surface area contributed by atoms with Crippen LogP contribution in [0.1, 0.15) is 12.0 Å². The highest BCUT2D eigenvalue weighted by molar-refractivity contribution is 7.91. The van der Waals surface area contributed by atoms with Gasteiger partial charge in [0.05, 0.1) is 11.5 Å². The zero-order chi connectivity index (χ0) is 14.2. The first kappa shape index (κ1) is 13.3. The summed E-state index contributed by atoms with van der Waals surface area (Å²) in [5.74, 6) is -0.100. The highest BCUT2D eigenvalue weighted by Crippen LogP contribution is 2.24. The van der Waals surface area contributed by atoms with E-state index in [2.05, 4.69) is 0 Å². The predicted molar refractivity (Wildman–Crippen MR) is 79.4 cm³/mol. The summed E-state index contributed by atoms with van der Waals surface area (Å²) in [6, 6.07) is 13.9. The number of sulfone groups is 1. The Hall–Kier alpha value is -1.68. The van der Waals surface area contributed by atoms with E-state index in [0.717, 1.165) is 16.3 Å². The summed E-state index contributed by atoms with van der Waals surface area (Å²) in [6.07, 6.45) is 0.799. The summed E-state index contributed by atoms with van der Waals surface area (Å²) >= 11 is 0. The summed E-state index contributed by atoms with van der Waals surface area (Å²) in [7, 11) is -3.00. The monoisotopic (exact) mass is 288 g/mol. The Morgan fingerprint density at radius 2 is 1.85 bits per heavy atom. The summed E-state index contributed by atoms with van der Waals surface area (Å²) in [4.78, 5) is 12.3. The van der Waals surface area contributed by atoms with Crippen LogP contribution in [0.15, 0.2) is 42.5 Å². The largest absolute Gasteiger partial charge is 0.299 e. The van der Waals surface area contributed by atoms with E-state index in [4.69, 9.17) is 0 Å². The Morgan fingerprint density at radius 3 is 2.60 bits per heavy atom. The fourth-order valence-electron chi connectivity index (χ4n) is 2.83. The lowest BCUT2D eigenvalue weighted by Crippen LogP contribution is -2.18. The van der Waals surface area contributed by atoms with Crippen molar-refractivity contribution in [2.75, 3.05) is 11.5 Å². The number of hydrogen-bond donors (Lipinski definition) is 0. The molecule has 0 spiro atoms. The third-order valence-corrected chi connectivity index (χ3v) is 5.70. The molecule has 1 aliphatic rings. The van der Waals surface area contributed by atoms with Gasteiger partial charge in [-0.3, -0.25) is 4.79 Å². The fraction of sp³-hybridized carbons (Fsp3) is 0.312. The van der Waals surface area contributed by atoms with Crippen molar-refractivity contribution in [2.45, 2.75) is 12.8 Å². The van der Waals surface area contributed by atoms with Gasteiger partial charge in [-0.1, -0.05) is 42.5 Å². The lowest BCUT2D eigenvalue weighted by atomic mass is 9.94. The third-order valence-electron chi connectivity index (χ3n) is 3.93. The van der Waals surface area contributed by atoms with Crippen molar-refractivity contribution in [2.24, 2.45) is 5.92 Å². The molecule has 0 bridgehead atoms. The summed E-state index contributed by atoms with van der Waals surface area (Å²) in [5, 5.41) is 2.18. The second-order valence-corrected chi connectivity index (χ2v) is 7.61. The van der Waals surface area contributed by atoms with E-state index < -0.39 is 9.84 Å². The van der Waals surface area contributed by atoms with Crippen LogP contribution in [0, 0.1) is 5.92 Å². The van der Waals surface area contributed by atoms with E-state index in [1.54, 1.807) is 0 Å². The van der Waals surface area contributed by atoms with Crippen molar-refractivity contribution in [1.82, 2.24) is 0 Å². The van der Waals surface area contributed by atoms with Crippen molar-refractivity contribution in [1.29, 1.82) is 0 Å². The van der Waals surface area contributed by atoms with Crippen molar-refractivity contribution in [3.63, 3.8) is 0 Å². The Morgan fingerprint density at radius 1 is 1.10 bits per heavy atom. The molecule has 2 aromatic carbocycles. The van der Waals surface area contributed by atoms with E-state index in [1.807, 2.05) is 42.5 Å². The number of rotatable bonds is 3. The SMILES string of the molecule is O=C(Cc1cccc2ccccc12)C1CCS(=O)(=O)C1. The fourth-order valence-corrected chi connectivity index (χ4v) is 4.60. The lowest BCUT2D eigenvalue weighted by Gasteiger charge is -2.09. The van der Waals surface area contributed by atoms with Gasteiger partial charge >= 0.3 is 0 Å². The molecule has 4 heteroatoms. The average molecular weight is 288 g/mol. The Balaban J connectivity index is 1.85. The van der Waals surface area contributed by atoms with E-state index in [0.29, 0.717) is 12.8 Å². The maximum absolute atomic E-state index is 12.3. The van der Waals surface area contributed by atoms with Gasteiger partial charge in [0, 0.05) is 12.3 Å². The predicted octanol–water partition coefficient (Wildman–Crippen LogP) is 2.39. The maximum Gasteiger partial charge on any atom is 0.151 e. The second kappa shape index (κ2) is 5.02. The van der Waals surface area contributed by atoms with Gasteiger partial charge < -0.3 is 0 Å². The van der Waals surface area contributed by atoms with Crippen LogP contribution in [0.4, 0.5) is 0 Å². The van der Waals surface area contributed by atoms with Crippen LogP contribution in [0.3, 0.4) is 0 Å². The average Bonchev–Trinajstić information content (AvgIpc) is 2.80. The van der Waals surface area contributed by atoms with Crippen LogP contribution >= 0.6 is 0 Å². The Bertz CT molecular complexity index is 757. The van der Waals surface area contributed by atoms with E-state index in [9.17, 15) is 13.2 Å². The first-order chi connectivity index (χ1) is 9.55. The minimum absolute atomic E-state index is 0.0244.